The first-order valence-corrected chi connectivity index (χ1v) is 6.36. The fourth-order valence-corrected chi connectivity index (χ4v) is 2.88. The lowest BCUT2D eigenvalue weighted by molar-refractivity contribution is -0.121. The maximum Gasteiger partial charge on any atom is 0.240 e. The first-order chi connectivity index (χ1) is 8.15. The second kappa shape index (κ2) is 3.84. The first kappa shape index (κ1) is 10.8. The van der Waals surface area contributed by atoms with Gasteiger partial charge in [0.15, 0.2) is 0 Å². The zero-order valence-electron chi connectivity index (χ0n) is 9.19. The van der Waals surface area contributed by atoms with E-state index in [9.17, 15) is 4.79 Å². The number of hydrogen-bond acceptors (Lipinski definition) is 3. The smallest absolute Gasteiger partial charge is 0.240 e. The minimum absolute atomic E-state index is 0.194. The van der Waals surface area contributed by atoms with Crippen LogP contribution in [0.25, 0.3) is 0 Å². The molecule has 1 atom stereocenters. The number of amides is 1. The first-order valence-electron chi connectivity index (χ1n) is 5.57. The van der Waals surface area contributed by atoms with Crippen molar-refractivity contribution in [1.82, 2.24) is 4.90 Å². The van der Waals surface area contributed by atoms with Crippen LogP contribution < -0.4 is 5.73 Å². The molecule has 4 nitrogen and oxygen atoms in total. The average molecular weight is 294 g/mol. The summed E-state index contributed by atoms with van der Waals surface area (Å²) in [6, 6.07) is 5.84. The van der Waals surface area contributed by atoms with E-state index in [0.717, 1.165) is 40.9 Å². The number of carbonyl (C=O) groups excluding carboxylic acids is 1. The summed E-state index contributed by atoms with van der Waals surface area (Å²) in [4.78, 5) is 18.0. The Morgan fingerprint density at radius 1 is 1.53 bits per heavy atom. The molecule has 1 aromatic carbocycles. The van der Waals surface area contributed by atoms with Crippen molar-refractivity contribution < 1.29 is 4.79 Å². The van der Waals surface area contributed by atoms with Gasteiger partial charge in [-0.3, -0.25) is 4.79 Å². The van der Waals surface area contributed by atoms with Crippen molar-refractivity contribution in [3.05, 3.63) is 28.2 Å². The van der Waals surface area contributed by atoms with Crippen molar-refractivity contribution in [1.29, 1.82) is 0 Å². The largest absolute Gasteiger partial charge is 0.368 e. The molecule has 1 saturated heterocycles. The molecular weight excluding hydrogens is 282 g/mol. The normalized spacial score (nSPS) is 21.8. The lowest BCUT2D eigenvalue weighted by atomic mass is 10.1. The number of benzene rings is 1. The highest BCUT2D eigenvalue weighted by molar-refractivity contribution is 9.10. The molecule has 1 aromatic rings. The van der Waals surface area contributed by atoms with Crippen LogP contribution in [0.2, 0.25) is 0 Å². The highest BCUT2D eigenvalue weighted by atomic mass is 79.9. The average Bonchev–Trinajstić information content (AvgIpc) is 2.68. The number of carbonyl (C=O) groups is 1. The molecule has 1 amide bonds. The summed E-state index contributed by atoms with van der Waals surface area (Å²) in [5.74, 6) is 0.734. The molecule has 17 heavy (non-hydrogen) atoms. The van der Waals surface area contributed by atoms with Gasteiger partial charge in [-0.05, 0) is 30.2 Å². The van der Waals surface area contributed by atoms with E-state index in [1.807, 2.05) is 23.1 Å². The maximum atomic E-state index is 11.4. The van der Waals surface area contributed by atoms with Crippen LogP contribution in [0.5, 0.6) is 0 Å². The SMILES string of the molecule is NC(=O)[C@@H]1CCC2=Nc3ccc(Br)cc3CN21. The molecule has 5 heteroatoms. The van der Waals surface area contributed by atoms with Crippen LogP contribution in [-0.2, 0) is 11.3 Å². The van der Waals surface area contributed by atoms with Crippen LogP contribution in [0.15, 0.2) is 27.7 Å². The van der Waals surface area contributed by atoms with Crippen molar-refractivity contribution >= 4 is 33.4 Å². The molecule has 88 valence electrons. The molecular formula is C12H12BrN3O. The van der Waals surface area contributed by atoms with Crippen LogP contribution in [0, 0.1) is 0 Å². The number of fused-ring (bicyclic) bond motifs is 2. The predicted molar refractivity (Wildman–Crippen MR) is 69.0 cm³/mol. The fourth-order valence-electron chi connectivity index (χ4n) is 2.47. The Labute approximate surface area is 108 Å². The van der Waals surface area contributed by atoms with Crippen molar-refractivity contribution in [2.24, 2.45) is 10.7 Å². The molecule has 2 aliphatic heterocycles. The lowest BCUT2D eigenvalue weighted by Gasteiger charge is -2.29. The lowest BCUT2D eigenvalue weighted by Crippen LogP contribution is -2.42. The Balaban J connectivity index is 2.00. The number of halogens is 1. The number of primary amides is 1. The fraction of sp³-hybridized carbons (Fsp3) is 0.333. The van der Waals surface area contributed by atoms with Gasteiger partial charge in [-0.25, -0.2) is 4.99 Å². The minimum Gasteiger partial charge on any atom is -0.368 e. The molecule has 0 aromatic heterocycles. The van der Waals surface area contributed by atoms with E-state index >= 15 is 0 Å². The van der Waals surface area contributed by atoms with E-state index in [2.05, 4.69) is 20.9 Å². The van der Waals surface area contributed by atoms with Crippen LogP contribution in [0.1, 0.15) is 18.4 Å². The molecule has 0 bridgehead atoms. The summed E-state index contributed by atoms with van der Waals surface area (Å²) < 4.78 is 1.03. The summed E-state index contributed by atoms with van der Waals surface area (Å²) in [6.07, 6.45) is 1.62. The highest BCUT2D eigenvalue weighted by Crippen LogP contribution is 2.34. The van der Waals surface area contributed by atoms with Crippen molar-refractivity contribution in [3.8, 4) is 0 Å². The predicted octanol–water partition coefficient (Wildman–Crippen LogP) is 1.94. The summed E-state index contributed by atoms with van der Waals surface area (Å²) in [7, 11) is 0. The van der Waals surface area contributed by atoms with E-state index in [4.69, 9.17) is 5.73 Å². The molecule has 0 spiro atoms. The number of hydrogen-bond donors (Lipinski definition) is 1. The van der Waals surface area contributed by atoms with E-state index in [1.54, 1.807) is 0 Å². The second-order valence-electron chi connectivity index (χ2n) is 4.39. The number of aliphatic imine (C=N–C) groups is 1. The molecule has 2 aliphatic rings. The van der Waals surface area contributed by atoms with Gasteiger partial charge in [0.1, 0.15) is 11.9 Å². The molecule has 0 aliphatic carbocycles. The molecule has 0 unspecified atom stereocenters. The van der Waals surface area contributed by atoms with Gasteiger partial charge < -0.3 is 10.6 Å². The third-order valence-corrected chi connectivity index (χ3v) is 3.80. The van der Waals surface area contributed by atoms with E-state index in [1.165, 1.54) is 0 Å². The van der Waals surface area contributed by atoms with Crippen LogP contribution in [-0.4, -0.2) is 22.7 Å². The molecule has 3 rings (SSSR count). The number of nitrogens with zero attached hydrogens (tertiary/aromatic N) is 2. The van der Waals surface area contributed by atoms with Gasteiger partial charge in [0.25, 0.3) is 0 Å². The highest BCUT2D eigenvalue weighted by Gasteiger charge is 2.35. The quantitative estimate of drug-likeness (QED) is 0.860. The standard InChI is InChI=1S/C12H12BrN3O/c13-8-1-2-9-7(5-8)6-16-10(12(14)17)3-4-11(16)15-9/h1-2,5,10H,3-4,6H2,(H2,14,17)/t10-/m0/s1. The zero-order valence-corrected chi connectivity index (χ0v) is 10.8. The Morgan fingerprint density at radius 3 is 3.12 bits per heavy atom. The number of rotatable bonds is 1. The summed E-state index contributed by atoms with van der Waals surface area (Å²) in [6.45, 7) is 0.723. The monoisotopic (exact) mass is 293 g/mol. The van der Waals surface area contributed by atoms with Gasteiger partial charge in [0.05, 0.1) is 5.69 Å². The number of nitrogens with two attached hydrogens (primary N) is 1. The molecule has 1 fully saturated rings. The second-order valence-corrected chi connectivity index (χ2v) is 5.30. The van der Waals surface area contributed by atoms with Crippen LogP contribution in [0.4, 0.5) is 5.69 Å². The molecule has 0 saturated carbocycles. The molecule has 0 radical (unpaired) electrons. The Bertz CT molecular complexity index is 526. The summed E-state index contributed by atoms with van der Waals surface area (Å²) >= 11 is 3.45. The van der Waals surface area contributed by atoms with Crippen molar-refractivity contribution in [2.45, 2.75) is 25.4 Å². The Kier molecular flexibility index (Phi) is 2.43. The third kappa shape index (κ3) is 1.74. The molecule has 2 N–H and O–H groups in total. The zero-order chi connectivity index (χ0) is 12.0. The molecule has 2 heterocycles. The maximum absolute atomic E-state index is 11.4. The van der Waals surface area contributed by atoms with E-state index < -0.39 is 0 Å². The number of amidine groups is 1. The topological polar surface area (TPSA) is 58.7 Å². The Hall–Kier alpha value is -1.36. The van der Waals surface area contributed by atoms with Crippen LogP contribution in [0.3, 0.4) is 0 Å². The summed E-state index contributed by atoms with van der Waals surface area (Å²) in [5.41, 5.74) is 7.55. The van der Waals surface area contributed by atoms with E-state index in [-0.39, 0.29) is 11.9 Å². The minimum atomic E-state index is -0.256. The summed E-state index contributed by atoms with van der Waals surface area (Å²) in [5, 5.41) is 0. The van der Waals surface area contributed by atoms with Gasteiger partial charge in [-0.15, -0.1) is 0 Å². The van der Waals surface area contributed by atoms with Gasteiger partial charge in [0.2, 0.25) is 5.91 Å². The van der Waals surface area contributed by atoms with Crippen molar-refractivity contribution in [2.75, 3.05) is 0 Å². The van der Waals surface area contributed by atoms with E-state index in [0.29, 0.717) is 0 Å². The van der Waals surface area contributed by atoms with Gasteiger partial charge >= 0.3 is 0 Å². The third-order valence-electron chi connectivity index (χ3n) is 3.31. The Morgan fingerprint density at radius 2 is 2.35 bits per heavy atom. The van der Waals surface area contributed by atoms with Gasteiger partial charge in [0, 0.05) is 17.4 Å². The van der Waals surface area contributed by atoms with Crippen molar-refractivity contribution in [3.63, 3.8) is 0 Å². The van der Waals surface area contributed by atoms with Gasteiger partial charge in [-0.2, -0.15) is 0 Å². The van der Waals surface area contributed by atoms with Gasteiger partial charge in [-0.1, -0.05) is 15.9 Å². The van der Waals surface area contributed by atoms with Crippen LogP contribution >= 0.6 is 15.9 Å².